The van der Waals surface area contributed by atoms with Gasteiger partial charge in [0.2, 0.25) is 44.2 Å². The molecule has 2 atom stereocenters. The number of nitrogens with zero attached hydrogens (tertiary/aromatic N) is 7. The number of hydrogen-bond acceptors (Lipinski definition) is 27. The third-order valence-electron chi connectivity index (χ3n) is 16.8. The summed E-state index contributed by atoms with van der Waals surface area (Å²) in [6.07, 6.45) is 6.53. The summed E-state index contributed by atoms with van der Waals surface area (Å²) in [5, 5.41) is 22.1. The van der Waals surface area contributed by atoms with Crippen LogP contribution in [0.3, 0.4) is 0 Å². The van der Waals surface area contributed by atoms with Gasteiger partial charge >= 0.3 is 18.2 Å². The number of nitrogens with two attached hydrogens (primary N) is 1. The molecular formula is C73H95N13O22S. The highest BCUT2D eigenvalue weighted by molar-refractivity contribution is 7.90. The Balaban J connectivity index is 0.585. The van der Waals surface area contributed by atoms with Gasteiger partial charge in [-0.05, 0) is 80.5 Å². The van der Waals surface area contributed by atoms with Crippen LogP contribution < -0.4 is 37.9 Å². The fourth-order valence-corrected chi connectivity index (χ4v) is 11.8. The molecule has 4 aromatic heterocycles. The van der Waals surface area contributed by atoms with Gasteiger partial charge in [0.25, 0.3) is 5.56 Å². The summed E-state index contributed by atoms with van der Waals surface area (Å²) < 4.78 is 92.7. The third kappa shape index (κ3) is 27.3. The van der Waals surface area contributed by atoms with E-state index in [1.54, 1.807) is 52.7 Å². The number of primary amides is 1. The minimum atomic E-state index is -3.48. The molecule has 2 aliphatic heterocycles. The number of anilines is 1. The van der Waals surface area contributed by atoms with Crippen LogP contribution in [0.25, 0.3) is 22.3 Å². The van der Waals surface area contributed by atoms with Crippen molar-refractivity contribution in [3.63, 3.8) is 0 Å². The van der Waals surface area contributed by atoms with E-state index in [0.29, 0.717) is 152 Å². The Hall–Kier alpha value is -9.94. The lowest BCUT2D eigenvalue weighted by molar-refractivity contribution is -0.175. The molecule has 0 saturated carbocycles. The summed E-state index contributed by atoms with van der Waals surface area (Å²) in [5.41, 5.74) is 10.1. The lowest BCUT2D eigenvalue weighted by Crippen LogP contribution is -2.47. The first-order valence-electron chi connectivity index (χ1n) is 35.8. The normalized spacial score (nSPS) is 13.8. The zero-order chi connectivity index (χ0) is 77.8. The van der Waals surface area contributed by atoms with Crippen LogP contribution in [-0.4, -0.2) is 229 Å². The number of sulfone groups is 1. The SMILES string of the molecule is CCc1c2c(nc3ccc(C)cc13)-c1cc3c(c(=O)n1C2)COC(=O)[C@@]3(CC)OC(=O)OCc1ccc(NC(=O)[C@H](CCCNC(N)=O)NC(=O)COCC(=O)NCCOCCOCCOCCOCCOCCOCCOCCOCCn2cc(CNC(=O)CCCC#Cc3cnc(S(C)(=O)=O)nc3)nn2)cc1. The van der Waals surface area contributed by atoms with Crippen molar-refractivity contribution in [2.45, 2.75) is 115 Å². The number of urea groups is 1. The number of unbranched alkanes of at least 4 members (excludes halogenated alkanes) is 1. The van der Waals surface area contributed by atoms with Crippen LogP contribution in [0.15, 0.2) is 77.1 Å². The van der Waals surface area contributed by atoms with Gasteiger partial charge in [-0.2, -0.15) is 0 Å². The molecule has 6 heterocycles. The maximum atomic E-state index is 14.2. The maximum absolute atomic E-state index is 14.2. The monoisotopic (exact) mass is 1540 g/mol. The second-order valence-electron chi connectivity index (χ2n) is 24.9. The van der Waals surface area contributed by atoms with Crippen molar-refractivity contribution in [2.24, 2.45) is 5.73 Å². The number of fused-ring (bicyclic) bond motifs is 5. The van der Waals surface area contributed by atoms with Crippen molar-refractivity contribution >= 4 is 68.2 Å². The largest absolute Gasteiger partial charge is 0.510 e. The number of rotatable bonds is 49. The van der Waals surface area contributed by atoms with Crippen LogP contribution in [-0.2, 0) is 136 Å². The molecule has 7 N–H and O–H groups in total. The van der Waals surface area contributed by atoms with Crippen molar-refractivity contribution in [3.8, 4) is 23.2 Å². The minimum Gasteiger partial charge on any atom is -0.457 e. The number of pyridine rings is 2. The molecule has 590 valence electrons. The van der Waals surface area contributed by atoms with E-state index in [-0.39, 0.29) is 106 Å². The molecule has 0 radical (unpaired) electrons. The first kappa shape index (κ1) is 84.7. The first-order chi connectivity index (χ1) is 52.7. The third-order valence-corrected chi connectivity index (χ3v) is 17.7. The van der Waals surface area contributed by atoms with Crippen molar-refractivity contribution in [1.29, 1.82) is 0 Å². The van der Waals surface area contributed by atoms with Crippen molar-refractivity contribution < 1.29 is 98.8 Å². The van der Waals surface area contributed by atoms with Gasteiger partial charge in [-0.15, -0.1) is 5.10 Å². The summed E-state index contributed by atoms with van der Waals surface area (Å²) >= 11 is 0. The molecule has 0 spiro atoms. The predicted octanol–water partition coefficient (Wildman–Crippen LogP) is 2.77. The topological polar surface area (TPSA) is 442 Å². The summed E-state index contributed by atoms with van der Waals surface area (Å²) in [6.45, 7) is 11.3. The van der Waals surface area contributed by atoms with Crippen LogP contribution >= 0.6 is 0 Å². The van der Waals surface area contributed by atoms with Crippen LogP contribution in [0.4, 0.5) is 15.3 Å². The molecule has 0 fully saturated rings. The molecule has 35 nitrogen and oxygen atoms in total. The van der Waals surface area contributed by atoms with Gasteiger partial charge in [-0.25, -0.2) is 42.4 Å². The smallest absolute Gasteiger partial charge is 0.457 e. The minimum absolute atomic E-state index is 0.0707. The number of carbonyl (C=O) groups is 7. The average molecular weight is 1540 g/mol. The van der Waals surface area contributed by atoms with E-state index in [1.165, 1.54) is 12.4 Å². The average Bonchev–Trinajstić information content (AvgIpc) is 1.61. The lowest BCUT2D eigenvalue weighted by atomic mass is 9.85. The van der Waals surface area contributed by atoms with Crippen LogP contribution in [0.1, 0.15) is 97.0 Å². The van der Waals surface area contributed by atoms with Gasteiger partial charge in [0, 0.05) is 66.8 Å². The Kier molecular flexibility index (Phi) is 34.6. The predicted molar refractivity (Wildman–Crippen MR) is 390 cm³/mol. The molecule has 2 aromatic carbocycles. The van der Waals surface area contributed by atoms with E-state index in [4.69, 9.17) is 67.6 Å². The quantitative estimate of drug-likeness (QED) is 0.0138. The number of aryl methyl sites for hydroxylation is 2. The van der Waals surface area contributed by atoms with E-state index in [9.17, 15) is 46.8 Å². The molecule has 0 bridgehead atoms. The second kappa shape index (κ2) is 44.5. The van der Waals surface area contributed by atoms with Crippen LogP contribution in [0, 0.1) is 18.8 Å². The molecule has 8 rings (SSSR count). The van der Waals surface area contributed by atoms with Gasteiger partial charge in [0.05, 0.1) is 160 Å². The van der Waals surface area contributed by atoms with E-state index in [2.05, 4.69) is 71.7 Å². The van der Waals surface area contributed by atoms with E-state index >= 15 is 0 Å². The first-order valence-corrected chi connectivity index (χ1v) is 37.7. The fraction of sp³-hybridized carbons (Fsp3) is 0.521. The number of benzene rings is 2. The van der Waals surface area contributed by atoms with Crippen molar-refractivity contribution in [1.82, 2.24) is 55.8 Å². The number of hydrogen-bond donors (Lipinski definition) is 6. The summed E-state index contributed by atoms with van der Waals surface area (Å²) in [7, 11) is -3.48. The van der Waals surface area contributed by atoms with E-state index < -0.39 is 70.6 Å². The number of ether oxygens (including phenoxy) is 12. The molecule has 2 aliphatic rings. The zero-order valence-electron chi connectivity index (χ0n) is 61.7. The molecule has 0 saturated heterocycles. The fourth-order valence-electron chi connectivity index (χ4n) is 11.3. The van der Waals surface area contributed by atoms with Gasteiger partial charge in [0.1, 0.15) is 38.2 Å². The standard InChI is InChI=1S/C73H95N13O22S/c1-5-55-56-39-50(3)14-19-60(56)82-66-57(55)45-86-62(66)40-59-58(68(86)91)47-106-69(92)73(59,6-2)108-72(94)107-46-51-15-17-53(18-16-51)80-67(90)61(12-10-20-76-70(74)93)81-65(89)49-105-48-64(88)75-21-23-97-25-27-99-29-31-101-33-35-103-37-38-104-36-34-102-32-30-100-28-26-98-24-22-85-44-54(83-84-85)43-77-63(87)13-9-7-8-11-52-41-78-71(79-42-52)109(4,95)96/h14-19,39-42,44,61H,5-7,9-10,12-13,20-38,43,45-49H2,1-4H3,(H,75,88)(H,77,87)(H,80,90)(H,81,89)(H3,74,76,93)/t61-,73-/m0/s1. The molecule has 0 aliphatic carbocycles. The number of carbonyl (C=O) groups excluding carboxylic acids is 7. The second-order valence-corrected chi connectivity index (χ2v) is 26.8. The zero-order valence-corrected chi connectivity index (χ0v) is 62.5. The van der Waals surface area contributed by atoms with Crippen LogP contribution in [0.2, 0.25) is 0 Å². The highest BCUT2D eigenvalue weighted by atomic mass is 32.2. The number of amides is 6. The molecule has 0 unspecified atom stereocenters. The Bertz CT molecular complexity index is 4270. The molecule has 6 aromatic rings. The van der Waals surface area contributed by atoms with Gasteiger partial charge in [-0.1, -0.05) is 54.7 Å². The molecular weight excluding hydrogens is 1440 g/mol. The van der Waals surface area contributed by atoms with E-state index in [0.717, 1.165) is 33.8 Å². The van der Waals surface area contributed by atoms with Gasteiger partial charge in [-0.3, -0.25) is 24.0 Å². The Morgan fingerprint density at radius 3 is 1.98 bits per heavy atom. The molecule has 6 amide bonds. The van der Waals surface area contributed by atoms with Gasteiger partial charge in [0.15, 0.2) is 0 Å². The maximum Gasteiger partial charge on any atom is 0.510 e. The lowest BCUT2D eigenvalue weighted by Gasteiger charge is -2.35. The Labute approximate surface area is 630 Å². The summed E-state index contributed by atoms with van der Waals surface area (Å²) in [6, 6.07) is 12.1. The Morgan fingerprint density at radius 1 is 0.725 bits per heavy atom. The number of cyclic esters (lactones) is 1. The number of esters is 1. The Morgan fingerprint density at radius 2 is 1.36 bits per heavy atom. The summed E-state index contributed by atoms with van der Waals surface area (Å²) in [5.74, 6) is 3.00. The van der Waals surface area contributed by atoms with Crippen molar-refractivity contribution in [3.05, 3.63) is 122 Å². The van der Waals surface area contributed by atoms with E-state index in [1.807, 2.05) is 19.1 Å². The molecule has 36 heteroatoms. The van der Waals surface area contributed by atoms with Crippen molar-refractivity contribution in [2.75, 3.05) is 144 Å². The highest BCUT2D eigenvalue weighted by Gasteiger charge is 2.51. The number of nitrogens with one attached hydrogen (secondary N) is 5. The van der Waals surface area contributed by atoms with Crippen LogP contribution in [0.5, 0.6) is 0 Å². The highest BCUT2D eigenvalue weighted by Crippen LogP contribution is 2.42. The molecule has 109 heavy (non-hydrogen) atoms. The number of aromatic nitrogens is 7. The van der Waals surface area contributed by atoms with Gasteiger partial charge < -0.3 is 93.7 Å². The summed E-state index contributed by atoms with van der Waals surface area (Å²) in [4.78, 5) is 116.